The van der Waals surface area contributed by atoms with Crippen LogP contribution in [0.25, 0.3) is 16.7 Å². The van der Waals surface area contributed by atoms with Crippen LogP contribution in [0.2, 0.25) is 0 Å². The molecule has 0 atom stereocenters. The Kier molecular flexibility index (Phi) is 25.9. The van der Waals surface area contributed by atoms with Crippen molar-refractivity contribution in [3.63, 3.8) is 0 Å². The van der Waals surface area contributed by atoms with Crippen molar-refractivity contribution in [2.45, 2.75) is 84.7 Å². The van der Waals surface area contributed by atoms with Gasteiger partial charge in [-0.15, -0.1) is 0 Å². The monoisotopic (exact) mass is 872 g/mol. The van der Waals surface area contributed by atoms with Crippen LogP contribution < -0.4 is 14.2 Å². The summed E-state index contributed by atoms with van der Waals surface area (Å²) in [4.78, 5) is 35.8. The van der Waals surface area contributed by atoms with Crippen LogP contribution in [0.1, 0.15) is 95.2 Å². The quantitative estimate of drug-likeness (QED) is 0.0241. The number of rotatable bonds is 35. The van der Waals surface area contributed by atoms with Gasteiger partial charge in [-0.2, -0.15) is 0 Å². The van der Waals surface area contributed by atoms with Gasteiger partial charge in [0.15, 0.2) is 0 Å². The second-order valence-electron chi connectivity index (χ2n) is 14.5. The van der Waals surface area contributed by atoms with Crippen LogP contribution in [0.15, 0.2) is 92.5 Å². The summed E-state index contributed by atoms with van der Waals surface area (Å²) in [6.45, 7) is 22.1. The molecule has 0 N–H and O–H groups in total. The molecule has 0 unspecified atom stereocenters. The molecule has 0 saturated carbocycles. The summed E-state index contributed by atoms with van der Waals surface area (Å²) in [7, 11) is 0. The molecule has 0 aromatic heterocycles. The van der Waals surface area contributed by atoms with E-state index in [1.165, 1.54) is 0 Å². The van der Waals surface area contributed by atoms with Crippen molar-refractivity contribution in [2.24, 2.45) is 0 Å². The Labute approximate surface area is 374 Å². The fourth-order valence-corrected chi connectivity index (χ4v) is 6.01. The first-order chi connectivity index (χ1) is 30.7. The number of hydrogen-bond donors (Lipinski definition) is 0. The Morgan fingerprint density at radius 2 is 0.698 bits per heavy atom. The Morgan fingerprint density at radius 3 is 1.00 bits per heavy atom. The van der Waals surface area contributed by atoms with Crippen LogP contribution in [0.3, 0.4) is 0 Å². The standard InChI is InChI=1S/C51H68O12/c1-7-57-49(52)39(4)42-19-25-45(26-20-42)60-33-15-10-13-31-55-37-48(63-36-18-12-17-35-62-47-29-23-44(24-30-47)41(6)51(54)59-9-3)38-56-32-14-11-16-34-61-46-27-21-43(22-28-46)40(5)50(53)58-8-2/h19-30,48H,4-18,31-38H2,1-3H3. The van der Waals surface area contributed by atoms with Gasteiger partial charge in [-0.3, -0.25) is 0 Å². The number of hydrogen-bond acceptors (Lipinski definition) is 12. The molecule has 12 heteroatoms. The largest absolute Gasteiger partial charge is 0.494 e. The van der Waals surface area contributed by atoms with Gasteiger partial charge in [0.05, 0.1) is 69.6 Å². The highest BCUT2D eigenvalue weighted by molar-refractivity contribution is 6.16. The second kappa shape index (κ2) is 31.4. The third-order valence-corrected chi connectivity index (χ3v) is 9.60. The molecule has 0 aliphatic heterocycles. The maximum atomic E-state index is 11.9. The van der Waals surface area contributed by atoms with Crippen molar-refractivity contribution >= 4 is 34.6 Å². The van der Waals surface area contributed by atoms with Crippen molar-refractivity contribution in [1.82, 2.24) is 0 Å². The summed E-state index contributed by atoms with van der Waals surface area (Å²) in [5, 5.41) is 0. The lowest BCUT2D eigenvalue weighted by Crippen LogP contribution is -2.27. The average Bonchev–Trinajstić information content (AvgIpc) is 3.30. The van der Waals surface area contributed by atoms with E-state index in [9.17, 15) is 14.4 Å². The Morgan fingerprint density at radius 1 is 0.413 bits per heavy atom. The zero-order chi connectivity index (χ0) is 45.5. The van der Waals surface area contributed by atoms with E-state index in [-0.39, 0.29) is 6.10 Å². The van der Waals surface area contributed by atoms with E-state index in [4.69, 9.17) is 42.6 Å². The van der Waals surface area contributed by atoms with E-state index < -0.39 is 17.9 Å². The summed E-state index contributed by atoms with van der Waals surface area (Å²) in [6, 6.07) is 21.9. The minimum absolute atomic E-state index is 0.179. The average molecular weight is 873 g/mol. The molecular formula is C51H68O12. The fourth-order valence-electron chi connectivity index (χ4n) is 6.01. The van der Waals surface area contributed by atoms with Crippen LogP contribution in [-0.4, -0.2) is 96.7 Å². The molecule has 0 spiro atoms. The van der Waals surface area contributed by atoms with Gasteiger partial charge in [0.2, 0.25) is 0 Å². The van der Waals surface area contributed by atoms with E-state index in [2.05, 4.69) is 19.7 Å². The van der Waals surface area contributed by atoms with Crippen LogP contribution >= 0.6 is 0 Å². The van der Waals surface area contributed by atoms with E-state index in [0.29, 0.717) is 106 Å². The van der Waals surface area contributed by atoms with Crippen molar-refractivity contribution < 1.29 is 57.0 Å². The zero-order valence-corrected chi connectivity index (χ0v) is 37.7. The molecule has 0 heterocycles. The van der Waals surface area contributed by atoms with Crippen molar-refractivity contribution in [2.75, 3.05) is 72.7 Å². The Balaban J connectivity index is 1.32. The number of carbonyl (C=O) groups is 3. The van der Waals surface area contributed by atoms with Crippen LogP contribution in [-0.2, 0) is 42.8 Å². The van der Waals surface area contributed by atoms with E-state index in [1.54, 1.807) is 20.8 Å². The zero-order valence-electron chi connectivity index (χ0n) is 37.7. The van der Waals surface area contributed by atoms with Gasteiger partial charge in [-0.1, -0.05) is 56.1 Å². The molecular weight excluding hydrogens is 805 g/mol. The highest BCUT2D eigenvalue weighted by Crippen LogP contribution is 2.22. The third-order valence-electron chi connectivity index (χ3n) is 9.60. The van der Waals surface area contributed by atoms with E-state index in [1.807, 2.05) is 72.8 Å². The first kappa shape index (κ1) is 51.9. The van der Waals surface area contributed by atoms with Gasteiger partial charge in [-0.05, 0) is 132 Å². The lowest BCUT2D eigenvalue weighted by Gasteiger charge is -2.18. The molecule has 0 radical (unpaired) electrons. The summed E-state index contributed by atoms with van der Waals surface area (Å²) in [5.41, 5.74) is 3.10. The predicted octanol–water partition coefficient (Wildman–Crippen LogP) is 9.88. The number of benzene rings is 3. The summed E-state index contributed by atoms with van der Waals surface area (Å²) >= 11 is 0. The summed E-state index contributed by atoms with van der Waals surface area (Å²) in [6.07, 6.45) is 7.98. The Hall–Kier alpha value is -5.43. The smallest absolute Gasteiger partial charge is 0.338 e. The van der Waals surface area contributed by atoms with Crippen molar-refractivity contribution in [3.05, 3.63) is 109 Å². The molecule has 3 aromatic carbocycles. The van der Waals surface area contributed by atoms with Gasteiger partial charge < -0.3 is 42.6 Å². The van der Waals surface area contributed by atoms with Gasteiger partial charge in [-0.25, -0.2) is 14.4 Å². The molecule has 0 aliphatic rings. The lowest BCUT2D eigenvalue weighted by atomic mass is 10.1. The van der Waals surface area contributed by atoms with Crippen molar-refractivity contribution in [1.29, 1.82) is 0 Å². The van der Waals surface area contributed by atoms with E-state index in [0.717, 1.165) is 75.0 Å². The van der Waals surface area contributed by atoms with Gasteiger partial charge >= 0.3 is 17.9 Å². The second-order valence-corrected chi connectivity index (χ2v) is 14.5. The molecule has 0 amide bonds. The highest BCUT2D eigenvalue weighted by atomic mass is 16.6. The summed E-state index contributed by atoms with van der Waals surface area (Å²) in [5.74, 6) is 0.943. The van der Waals surface area contributed by atoms with Gasteiger partial charge in [0.25, 0.3) is 0 Å². The first-order valence-electron chi connectivity index (χ1n) is 22.2. The normalized spacial score (nSPS) is 10.9. The molecule has 3 aromatic rings. The minimum Gasteiger partial charge on any atom is -0.494 e. The molecule has 0 saturated heterocycles. The molecule has 0 aliphatic carbocycles. The van der Waals surface area contributed by atoms with Crippen molar-refractivity contribution in [3.8, 4) is 17.2 Å². The van der Waals surface area contributed by atoms with Crippen LogP contribution in [0, 0.1) is 0 Å². The Bertz CT molecular complexity index is 1710. The number of esters is 3. The van der Waals surface area contributed by atoms with Crippen LogP contribution in [0.4, 0.5) is 0 Å². The first-order valence-corrected chi connectivity index (χ1v) is 22.2. The predicted molar refractivity (Wildman–Crippen MR) is 246 cm³/mol. The third kappa shape index (κ3) is 21.0. The van der Waals surface area contributed by atoms with Gasteiger partial charge in [0.1, 0.15) is 23.4 Å². The van der Waals surface area contributed by atoms with Crippen LogP contribution in [0.5, 0.6) is 17.2 Å². The maximum absolute atomic E-state index is 11.9. The molecule has 344 valence electrons. The number of carbonyl (C=O) groups excluding carboxylic acids is 3. The maximum Gasteiger partial charge on any atom is 0.338 e. The summed E-state index contributed by atoms with van der Waals surface area (Å²) < 4.78 is 51.0. The molecule has 3 rings (SSSR count). The topological polar surface area (TPSA) is 134 Å². The molecule has 0 bridgehead atoms. The fraction of sp³-hybridized carbons (Fsp3) is 0.471. The molecule has 0 fully saturated rings. The van der Waals surface area contributed by atoms with Gasteiger partial charge in [0, 0.05) is 19.8 Å². The minimum atomic E-state index is -0.422. The molecule has 63 heavy (non-hydrogen) atoms. The highest BCUT2D eigenvalue weighted by Gasteiger charge is 2.14. The SMILES string of the molecule is C=C(C(=O)OCC)c1ccc(OCCCCCOCC(COCCCCCOc2ccc(C(=C)C(=O)OCC)cc2)OCCCCCOc2ccc(C(=C)C(=O)OCC)cc2)cc1. The molecule has 12 nitrogen and oxygen atoms in total. The number of unbranched alkanes of at least 4 members (excludes halogenated alkanes) is 6. The van der Waals surface area contributed by atoms with E-state index >= 15 is 0 Å². The number of ether oxygens (including phenoxy) is 9. The lowest BCUT2D eigenvalue weighted by molar-refractivity contribution is -0.136.